The largest absolute Gasteiger partial charge is 0.361 e. The summed E-state index contributed by atoms with van der Waals surface area (Å²) in [6, 6.07) is 16.2. The number of hydrogen-bond acceptors (Lipinski definition) is 2. The third-order valence-electron chi connectivity index (χ3n) is 4.25. The van der Waals surface area contributed by atoms with E-state index in [1.807, 2.05) is 31.3 Å². The number of amides is 1. The molecule has 1 aliphatic heterocycles. The van der Waals surface area contributed by atoms with Crippen molar-refractivity contribution < 1.29 is 4.79 Å². The molecule has 1 atom stereocenters. The number of hydrogen-bond donors (Lipinski definition) is 1. The zero-order valence-corrected chi connectivity index (χ0v) is 13.6. The van der Waals surface area contributed by atoms with Gasteiger partial charge in [-0.05, 0) is 28.7 Å². The molecule has 3 rings (SSSR count). The molecule has 3 nitrogen and oxygen atoms in total. The van der Waals surface area contributed by atoms with Crippen LogP contribution in [0.3, 0.4) is 0 Å². The lowest BCUT2D eigenvalue weighted by Gasteiger charge is -2.35. The number of fused-ring (bicyclic) bond motifs is 1. The molecule has 114 valence electrons. The van der Waals surface area contributed by atoms with Gasteiger partial charge in [0.1, 0.15) is 6.17 Å². The maximum atomic E-state index is 12.5. The van der Waals surface area contributed by atoms with Crippen molar-refractivity contribution in [2.45, 2.75) is 32.4 Å². The Balaban J connectivity index is 1.94. The van der Waals surface area contributed by atoms with Crippen LogP contribution in [0.1, 0.15) is 48.4 Å². The van der Waals surface area contributed by atoms with Gasteiger partial charge < -0.3 is 10.2 Å². The number of carbonyl (C=O) groups is 1. The van der Waals surface area contributed by atoms with Crippen LogP contribution < -0.4 is 5.32 Å². The fourth-order valence-electron chi connectivity index (χ4n) is 2.82. The van der Waals surface area contributed by atoms with Crippen molar-refractivity contribution >= 4 is 11.6 Å². The predicted molar refractivity (Wildman–Crippen MR) is 90.0 cm³/mol. The van der Waals surface area contributed by atoms with E-state index in [9.17, 15) is 4.79 Å². The van der Waals surface area contributed by atoms with Crippen LogP contribution in [0.5, 0.6) is 0 Å². The average Bonchev–Trinajstić information content (AvgIpc) is 2.50. The normalized spacial score (nSPS) is 17.9. The summed E-state index contributed by atoms with van der Waals surface area (Å²) in [4.78, 5) is 14.3. The lowest BCUT2D eigenvalue weighted by atomic mass is 9.86. The van der Waals surface area contributed by atoms with Crippen LogP contribution in [0.15, 0.2) is 48.5 Å². The van der Waals surface area contributed by atoms with E-state index in [1.54, 1.807) is 4.90 Å². The molecule has 0 saturated heterocycles. The minimum Gasteiger partial charge on any atom is -0.361 e. The van der Waals surface area contributed by atoms with Crippen LogP contribution in [-0.4, -0.2) is 17.9 Å². The molecule has 22 heavy (non-hydrogen) atoms. The Hall–Kier alpha value is -2.29. The summed E-state index contributed by atoms with van der Waals surface area (Å²) in [7, 11) is 1.84. The molecule has 0 spiro atoms. The highest BCUT2D eigenvalue weighted by atomic mass is 16.2. The van der Waals surface area contributed by atoms with Crippen molar-refractivity contribution in [3.63, 3.8) is 0 Å². The molecule has 0 saturated carbocycles. The van der Waals surface area contributed by atoms with Crippen LogP contribution in [0, 0.1) is 0 Å². The van der Waals surface area contributed by atoms with Gasteiger partial charge in [-0.3, -0.25) is 4.79 Å². The van der Waals surface area contributed by atoms with Crippen molar-refractivity contribution in [1.29, 1.82) is 0 Å². The van der Waals surface area contributed by atoms with E-state index in [0.29, 0.717) is 0 Å². The van der Waals surface area contributed by atoms with Crippen molar-refractivity contribution in [3.05, 3.63) is 65.2 Å². The summed E-state index contributed by atoms with van der Waals surface area (Å²) < 4.78 is 0. The third-order valence-corrected chi connectivity index (χ3v) is 4.25. The van der Waals surface area contributed by atoms with Gasteiger partial charge >= 0.3 is 0 Å². The van der Waals surface area contributed by atoms with E-state index < -0.39 is 0 Å². The lowest BCUT2D eigenvalue weighted by molar-refractivity contribution is 0.0735. The highest BCUT2D eigenvalue weighted by Gasteiger charge is 2.30. The number of anilines is 1. The van der Waals surface area contributed by atoms with Crippen LogP contribution >= 0.6 is 0 Å². The summed E-state index contributed by atoms with van der Waals surface area (Å²) in [5.41, 5.74) is 4.15. The molecule has 2 aromatic carbocycles. The molecule has 1 N–H and O–H groups in total. The Morgan fingerprint density at radius 2 is 1.64 bits per heavy atom. The molecular formula is C19H22N2O. The summed E-state index contributed by atoms with van der Waals surface area (Å²) in [6.07, 6.45) is -0.128. The first-order valence-corrected chi connectivity index (χ1v) is 7.61. The number of nitrogens with one attached hydrogen (secondary N) is 1. The zero-order chi connectivity index (χ0) is 15.9. The van der Waals surface area contributed by atoms with Gasteiger partial charge in [0.05, 0.1) is 5.56 Å². The molecule has 0 aliphatic carbocycles. The van der Waals surface area contributed by atoms with E-state index in [2.05, 4.69) is 50.4 Å². The summed E-state index contributed by atoms with van der Waals surface area (Å²) in [5.74, 6) is 0.0549. The highest BCUT2D eigenvalue weighted by Crippen LogP contribution is 2.32. The maximum absolute atomic E-state index is 12.5. The van der Waals surface area contributed by atoms with E-state index in [-0.39, 0.29) is 17.5 Å². The molecule has 0 radical (unpaired) electrons. The standard InChI is InChI=1S/C19H22N2O/c1-19(2,3)14-11-9-13(10-12-14)17-20-16-8-6-5-7-15(16)18(22)21(17)4/h5-12,17,20H,1-4H3. The maximum Gasteiger partial charge on any atom is 0.257 e. The second-order valence-electron chi connectivity index (χ2n) is 6.88. The SMILES string of the molecule is CN1C(=O)c2ccccc2NC1c1ccc(C(C)(C)C)cc1. The monoisotopic (exact) mass is 294 g/mol. The minimum absolute atomic E-state index is 0.0549. The third kappa shape index (κ3) is 2.47. The van der Waals surface area contributed by atoms with Crippen molar-refractivity contribution in [2.75, 3.05) is 12.4 Å². The van der Waals surface area contributed by atoms with Gasteiger partial charge in [-0.1, -0.05) is 57.2 Å². The molecule has 2 aromatic rings. The van der Waals surface area contributed by atoms with E-state index in [0.717, 1.165) is 16.8 Å². The fourth-order valence-corrected chi connectivity index (χ4v) is 2.82. The van der Waals surface area contributed by atoms with Crippen LogP contribution in [0.25, 0.3) is 0 Å². The molecule has 0 fully saturated rings. The van der Waals surface area contributed by atoms with Gasteiger partial charge in [0.15, 0.2) is 0 Å². The molecule has 3 heteroatoms. The van der Waals surface area contributed by atoms with Crippen LogP contribution in [-0.2, 0) is 5.41 Å². The van der Waals surface area contributed by atoms with Crippen molar-refractivity contribution in [1.82, 2.24) is 4.90 Å². The number of nitrogens with zero attached hydrogens (tertiary/aromatic N) is 1. The second kappa shape index (κ2) is 5.16. The first kappa shape index (κ1) is 14.6. The highest BCUT2D eigenvalue weighted by molar-refractivity contribution is 6.01. The molecule has 1 aliphatic rings. The topological polar surface area (TPSA) is 32.3 Å². The second-order valence-corrected chi connectivity index (χ2v) is 6.88. The predicted octanol–water partition coefficient (Wildman–Crippen LogP) is 4.18. The molecule has 1 amide bonds. The van der Waals surface area contributed by atoms with Gasteiger partial charge in [0, 0.05) is 12.7 Å². The Labute approximate surface area is 132 Å². The molecular weight excluding hydrogens is 272 g/mol. The summed E-state index contributed by atoms with van der Waals surface area (Å²) in [5, 5.41) is 3.46. The Morgan fingerprint density at radius 1 is 1.00 bits per heavy atom. The Kier molecular flexibility index (Phi) is 3.44. The van der Waals surface area contributed by atoms with Crippen molar-refractivity contribution in [2.24, 2.45) is 0 Å². The lowest BCUT2D eigenvalue weighted by Crippen LogP contribution is -2.40. The van der Waals surface area contributed by atoms with E-state index in [1.165, 1.54) is 5.56 Å². The number of carbonyl (C=O) groups excluding carboxylic acids is 1. The molecule has 0 aromatic heterocycles. The van der Waals surface area contributed by atoms with Gasteiger partial charge in [-0.2, -0.15) is 0 Å². The molecule has 1 heterocycles. The summed E-state index contributed by atoms with van der Waals surface area (Å²) >= 11 is 0. The Morgan fingerprint density at radius 3 is 2.27 bits per heavy atom. The van der Waals surface area contributed by atoms with Gasteiger partial charge in [-0.15, -0.1) is 0 Å². The van der Waals surface area contributed by atoms with E-state index in [4.69, 9.17) is 0 Å². The molecule has 1 unspecified atom stereocenters. The van der Waals surface area contributed by atoms with Crippen molar-refractivity contribution in [3.8, 4) is 0 Å². The zero-order valence-electron chi connectivity index (χ0n) is 13.6. The van der Waals surface area contributed by atoms with Gasteiger partial charge in [0.2, 0.25) is 0 Å². The first-order chi connectivity index (χ1) is 10.4. The first-order valence-electron chi connectivity index (χ1n) is 7.61. The Bertz CT molecular complexity index is 698. The number of para-hydroxylation sites is 1. The quantitative estimate of drug-likeness (QED) is 0.855. The minimum atomic E-state index is -0.128. The smallest absolute Gasteiger partial charge is 0.257 e. The fraction of sp³-hybridized carbons (Fsp3) is 0.316. The van der Waals surface area contributed by atoms with Crippen LogP contribution in [0.2, 0.25) is 0 Å². The van der Waals surface area contributed by atoms with Crippen LogP contribution in [0.4, 0.5) is 5.69 Å². The van der Waals surface area contributed by atoms with E-state index >= 15 is 0 Å². The van der Waals surface area contributed by atoms with Gasteiger partial charge in [-0.25, -0.2) is 0 Å². The number of rotatable bonds is 1. The number of benzene rings is 2. The van der Waals surface area contributed by atoms with Gasteiger partial charge in [0.25, 0.3) is 5.91 Å². The molecule has 0 bridgehead atoms. The summed E-state index contributed by atoms with van der Waals surface area (Å²) in [6.45, 7) is 6.60. The average molecular weight is 294 g/mol.